The predicted molar refractivity (Wildman–Crippen MR) is 153 cm³/mol. The van der Waals surface area contributed by atoms with Crippen molar-refractivity contribution in [1.82, 2.24) is 9.47 Å². The number of aryl methyl sites for hydroxylation is 3. The SMILES string of the molecule is Cc1cc(F)cc(C)c1Oc1ccc(C(C)(C)O)cc1-c1cn(C)c(=O)cc1OC1CCC(C(=O)N(C)C)CC1. The van der Waals surface area contributed by atoms with Gasteiger partial charge in [0.05, 0.1) is 11.7 Å². The molecule has 1 N–H and O–H groups in total. The fraction of sp³-hybridized carbons (Fsp3) is 0.438. The third-order valence-electron chi connectivity index (χ3n) is 7.56. The number of ether oxygens (including phenoxy) is 2. The van der Waals surface area contributed by atoms with Gasteiger partial charge in [0.15, 0.2) is 0 Å². The molecule has 0 saturated heterocycles. The van der Waals surface area contributed by atoms with Crippen LogP contribution in [0.15, 0.2) is 47.4 Å². The highest BCUT2D eigenvalue weighted by molar-refractivity contribution is 5.78. The zero-order valence-corrected chi connectivity index (χ0v) is 24.4. The van der Waals surface area contributed by atoms with E-state index < -0.39 is 5.60 Å². The molecule has 0 spiro atoms. The number of rotatable bonds is 7. The fourth-order valence-corrected chi connectivity index (χ4v) is 5.26. The van der Waals surface area contributed by atoms with Crippen molar-refractivity contribution in [2.75, 3.05) is 14.1 Å². The Kier molecular flexibility index (Phi) is 8.40. The summed E-state index contributed by atoms with van der Waals surface area (Å²) >= 11 is 0. The Labute approximate surface area is 235 Å². The van der Waals surface area contributed by atoms with Crippen LogP contribution in [0.25, 0.3) is 11.1 Å². The highest BCUT2D eigenvalue weighted by Gasteiger charge is 2.29. The summed E-state index contributed by atoms with van der Waals surface area (Å²) in [5.74, 6) is 1.20. The van der Waals surface area contributed by atoms with Crippen molar-refractivity contribution in [3.63, 3.8) is 0 Å². The summed E-state index contributed by atoms with van der Waals surface area (Å²) in [5.41, 5.74) is 1.86. The second-order valence-electron chi connectivity index (χ2n) is 11.6. The van der Waals surface area contributed by atoms with Crippen LogP contribution in [0.5, 0.6) is 17.2 Å². The van der Waals surface area contributed by atoms with E-state index in [0.717, 1.165) is 0 Å². The van der Waals surface area contributed by atoms with Gasteiger partial charge in [0.25, 0.3) is 5.56 Å². The number of benzene rings is 2. The quantitative estimate of drug-likeness (QED) is 0.399. The number of amides is 1. The van der Waals surface area contributed by atoms with Gasteiger partial charge in [0.2, 0.25) is 5.91 Å². The molecule has 1 aliphatic carbocycles. The smallest absolute Gasteiger partial charge is 0.254 e. The maximum Gasteiger partial charge on any atom is 0.254 e. The molecule has 0 bridgehead atoms. The maximum atomic E-state index is 14.0. The molecule has 8 heteroatoms. The largest absolute Gasteiger partial charge is 0.490 e. The molecule has 40 heavy (non-hydrogen) atoms. The van der Waals surface area contributed by atoms with Crippen LogP contribution in [0.4, 0.5) is 4.39 Å². The van der Waals surface area contributed by atoms with Crippen molar-refractivity contribution >= 4 is 5.91 Å². The van der Waals surface area contributed by atoms with Gasteiger partial charge < -0.3 is 24.0 Å². The highest BCUT2D eigenvalue weighted by Crippen LogP contribution is 2.42. The number of hydrogen-bond acceptors (Lipinski definition) is 5. The van der Waals surface area contributed by atoms with Gasteiger partial charge in [-0.1, -0.05) is 6.07 Å². The summed E-state index contributed by atoms with van der Waals surface area (Å²) < 4.78 is 28.3. The number of pyridine rings is 1. The lowest BCUT2D eigenvalue weighted by Gasteiger charge is -2.30. The third-order valence-corrected chi connectivity index (χ3v) is 7.56. The van der Waals surface area contributed by atoms with Crippen LogP contribution in [0.3, 0.4) is 0 Å². The second kappa shape index (κ2) is 11.5. The first-order chi connectivity index (χ1) is 18.7. The Balaban J connectivity index is 1.76. The lowest BCUT2D eigenvalue weighted by atomic mass is 9.86. The van der Waals surface area contributed by atoms with Crippen molar-refractivity contribution in [2.24, 2.45) is 13.0 Å². The van der Waals surface area contributed by atoms with Crippen molar-refractivity contribution in [3.8, 4) is 28.4 Å². The topological polar surface area (TPSA) is 81.0 Å². The van der Waals surface area contributed by atoms with E-state index in [4.69, 9.17) is 9.47 Å². The first-order valence-electron chi connectivity index (χ1n) is 13.6. The summed E-state index contributed by atoms with van der Waals surface area (Å²) in [5, 5.41) is 10.8. The molecule has 1 heterocycles. The second-order valence-corrected chi connectivity index (χ2v) is 11.6. The number of aromatic nitrogens is 1. The molecular weight excluding hydrogens is 511 g/mol. The van der Waals surface area contributed by atoms with Crippen LogP contribution >= 0.6 is 0 Å². The lowest BCUT2D eigenvalue weighted by molar-refractivity contribution is -0.134. The molecule has 1 aliphatic rings. The van der Waals surface area contributed by atoms with Gasteiger partial charge in [0.1, 0.15) is 23.1 Å². The number of carbonyl (C=O) groups excluding carboxylic acids is 1. The zero-order chi connectivity index (χ0) is 29.4. The first kappa shape index (κ1) is 29.3. The lowest BCUT2D eigenvalue weighted by Crippen LogP contribution is -2.34. The molecule has 214 valence electrons. The van der Waals surface area contributed by atoms with Gasteiger partial charge in [-0.15, -0.1) is 0 Å². The molecule has 0 aliphatic heterocycles. The van der Waals surface area contributed by atoms with Crippen molar-refractivity contribution in [2.45, 2.75) is 65.1 Å². The Morgan fingerprint density at radius 3 is 2.20 bits per heavy atom. The van der Waals surface area contributed by atoms with Crippen LogP contribution in [0.1, 0.15) is 56.2 Å². The predicted octanol–water partition coefficient (Wildman–Crippen LogP) is 5.85. The monoisotopic (exact) mass is 550 g/mol. The Bertz CT molecular complexity index is 1440. The van der Waals surface area contributed by atoms with Crippen LogP contribution in [-0.2, 0) is 17.4 Å². The van der Waals surface area contributed by atoms with Crippen LogP contribution in [-0.4, -0.2) is 40.7 Å². The average molecular weight is 551 g/mol. The molecule has 3 aromatic rings. The van der Waals surface area contributed by atoms with E-state index >= 15 is 0 Å². The highest BCUT2D eigenvalue weighted by atomic mass is 19.1. The minimum atomic E-state index is -1.13. The third kappa shape index (κ3) is 6.39. The minimum Gasteiger partial charge on any atom is -0.490 e. The first-order valence-corrected chi connectivity index (χ1v) is 13.6. The number of carbonyl (C=O) groups is 1. The molecular formula is C32H39FN2O5. The molecule has 0 atom stereocenters. The summed E-state index contributed by atoms with van der Waals surface area (Å²) in [6, 6.07) is 9.72. The molecule has 0 radical (unpaired) electrons. The Morgan fingerprint density at radius 1 is 1.00 bits per heavy atom. The standard InChI is InChI=1S/C32H39FN2O5/c1-19-14-23(33)15-20(2)30(19)40-27-13-10-22(32(3,4)38)16-25(27)26-18-35(7)29(36)17-28(26)39-24-11-8-21(9-12-24)31(37)34(5)6/h10,13-18,21,24,38H,8-9,11-12H2,1-7H3. The van der Waals surface area contributed by atoms with E-state index in [2.05, 4.69) is 0 Å². The Hall–Kier alpha value is -3.65. The number of hydrogen-bond donors (Lipinski definition) is 1. The number of aliphatic hydroxyl groups is 1. The van der Waals surface area contributed by atoms with Crippen LogP contribution < -0.4 is 15.0 Å². The van der Waals surface area contributed by atoms with Crippen LogP contribution in [0, 0.1) is 25.6 Å². The van der Waals surface area contributed by atoms with E-state index in [1.165, 1.54) is 22.8 Å². The summed E-state index contributed by atoms with van der Waals surface area (Å²) in [6.07, 6.45) is 4.38. The molecule has 1 amide bonds. The normalized spacial score (nSPS) is 17.4. The van der Waals surface area contributed by atoms with E-state index in [9.17, 15) is 19.1 Å². The van der Waals surface area contributed by atoms with E-state index in [1.54, 1.807) is 72.1 Å². The van der Waals surface area contributed by atoms with Crippen LogP contribution in [0.2, 0.25) is 0 Å². The van der Waals surface area contributed by atoms with Crippen molar-refractivity contribution < 1.29 is 23.8 Å². The van der Waals surface area contributed by atoms with Gasteiger partial charge >= 0.3 is 0 Å². The van der Waals surface area contributed by atoms with Gasteiger partial charge in [-0.2, -0.15) is 0 Å². The summed E-state index contributed by atoms with van der Waals surface area (Å²) in [6.45, 7) is 6.97. The van der Waals surface area contributed by atoms with Gasteiger partial charge in [-0.05, 0) is 94.3 Å². The summed E-state index contributed by atoms with van der Waals surface area (Å²) in [7, 11) is 5.21. The van der Waals surface area contributed by atoms with E-state index in [1.807, 2.05) is 6.07 Å². The summed E-state index contributed by atoms with van der Waals surface area (Å²) in [4.78, 5) is 26.8. The molecule has 7 nitrogen and oxygen atoms in total. The number of nitrogens with zero attached hydrogens (tertiary/aromatic N) is 2. The molecule has 1 aromatic heterocycles. The van der Waals surface area contributed by atoms with Gasteiger partial charge in [-0.25, -0.2) is 4.39 Å². The van der Waals surface area contributed by atoms with E-state index in [0.29, 0.717) is 70.7 Å². The number of halogens is 1. The van der Waals surface area contributed by atoms with Gasteiger partial charge in [-0.3, -0.25) is 9.59 Å². The molecule has 1 fully saturated rings. The molecule has 1 saturated carbocycles. The maximum absolute atomic E-state index is 14.0. The van der Waals surface area contributed by atoms with Crippen molar-refractivity contribution in [3.05, 3.63) is 75.5 Å². The van der Waals surface area contributed by atoms with Crippen molar-refractivity contribution in [1.29, 1.82) is 0 Å². The molecule has 4 rings (SSSR count). The van der Waals surface area contributed by atoms with Gasteiger partial charge in [0, 0.05) is 50.5 Å². The van der Waals surface area contributed by atoms with E-state index in [-0.39, 0.29) is 29.3 Å². The zero-order valence-electron chi connectivity index (χ0n) is 24.4. The fourth-order valence-electron chi connectivity index (χ4n) is 5.26. The molecule has 0 unspecified atom stereocenters. The Morgan fingerprint density at radius 2 is 1.62 bits per heavy atom. The minimum absolute atomic E-state index is 0.0244. The average Bonchev–Trinajstić information content (AvgIpc) is 2.87. The molecule has 2 aromatic carbocycles.